The molecule has 0 amide bonds. The number of rotatable bonds is 7. The van der Waals surface area contributed by atoms with Gasteiger partial charge in [-0.2, -0.15) is 15.0 Å². The molecular weight excluding hydrogens is 374 g/mol. The molecule has 10 heteroatoms. The molecule has 1 aliphatic rings. The number of para-hydroxylation sites is 2. The summed E-state index contributed by atoms with van der Waals surface area (Å²) in [6.07, 6.45) is 0. The van der Waals surface area contributed by atoms with Crippen molar-refractivity contribution >= 4 is 22.9 Å². The molecule has 0 atom stereocenters. The van der Waals surface area contributed by atoms with Crippen molar-refractivity contribution < 1.29 is 14.9 Å². The number of morpholine rings is 1. The Bertz CT molecular complexity index is 966. The second-order valence-corrected chi connectivity index (χ2v) is 6.75. The predicted molar refractivity (Wildman–Crippen MR) is 109 cm³/mol. The summed E-state index contributed by atoms with van der Waals surface area (Å²) in [6.45, 7) is 5.01. The number of benzene rings is 1. The summed E-state index contributed by atoms with van der Waals surface area (Å²) in [7, 11) is 0. The number of ether oxygens (including phenoxy) is 1. The van der Waals surface area contributed by atoms with Gasteiger partial charge in [0.25, 0.3) is 0 Å². The fraction of sp³-hybridized carbons (Fsp3) is 0.474. The summed E-state index contributed by atoms with van der Waals surface area (Å²) >= 11 is 0. The minimum absolute atomic E-state index is 0.0685. The zero-order valence-electron chi connectivity index (χ0n) is 16.4. The van der Waals surface area contributed by atoms with Gasteiger partial charge in [-0.25, -0.2) is 4.98 Å². The van der Waals surface area contributed by atoms with E-state index in [9.17, 15) is 10.2 Å². The number of imidazole rings is 1. The molecule has 29 heavy (non-hydrogen) atoms. The SMILES string of the molecule is Cc1nc2ccccc2n1-c1nc(N(CCO)CCO)nc(N2CCOCC2)n1. The first-order chi connectivity index (χ1) is 14.2. The Labute approximate surface area is 168 Å². The Morgan fingerprint density at radius 2 is 1.66 bits per heavy atom. The van der Waals surface area contributed by atoms with Crippen LogP contribution in [0.3, 0.4) is 0 Å². The summed E-state index contributed by atoms with van der Waals surface area (Å²) in [4.78, 5) is 22.5. The number of nitrogens with zero attached hydrogens (tertiary/aromatic N) is 7. The lowest BCUT2D eigenvalue weighted by atomic mass is 10.3. The van der Waals surface area contributed by atoms with Crippen LogP contribution in [0.25, 0.3) is 17.0 Å². The number of aliphatic hydroxyl groups is 2. The number of anilines is 2. The van der Waals surface area contributed by atoms with Gasteiger partial charge in [0.05, 0.1) is 37.5 Å². The maximum atomic E-state index is 9.44. The molecule has 1 fully saturated rings. The number of hydrogen-bond donors (Lipinski definition) is 2. The quantitative estimate of drug-likeness (QED) is 0.573. The third-order valence-electron chi connectivity index (χ3n) is 4.85. The smallest absolute Gasteiger partial charge is 0.242 e. The third-order valence-corrected chi connectivity index (χ3v) is 4.85. The van der Waals surface area contributed by atoms with Gasteiger partial charge in [-0.3, -0.25) is 4.57 Å². The summed E-state index contributed by atoms with van der Waals surface area (Å²) < 4.78 is 7.35. The lowest BCUT2D eigenvalue weighted by molar-refractivity contribution is 0.122. The van der Waals surface area contributed by atoms with Crippen molar-refractivity contribution in [2.75, 3.05) is 62.4 Å². The third kappa shape index (κ3) is 4.00. The van der Waals surface area contributed by atoms with E-state index in [0.717, 1.165) is 16.9 Å². The number of fused-ring (bicyclic) bond motifs is 1. The fourth-order valence-corrected chi connectivity index (χ4v) is 3.44. The molecule has 0 aliphatic carbocycles. The standard InChI is InChI=1S/C19H25N7O3/c1-14-20-15-4-2-3-5-16(15)26(14)19-22-17(24(6-10-27)7-11-28)21-18(23-19)25-8-12-29-13-9-25/h2-5,27-28H,6-13H2,1H3. The van der Waals surface area contributed by atoms with E-state index in [1.807, 2.05) is 35.8 Å². The van der Waals surface area contributed by atoms with Crippen LogP contribution < -0.4 is 9.80 Å². The minimum atomic E-state index is -0.0685. The summed E-state index contributed by atoms with van der Waals surface area (Å²) in [5, 5.41) is 18.9. The maximum Gasteiger partial charge on any atom is 0.242 e. The Morgan fingerprint density at radius 1 is 0.966 bits per heavy atom. The van der Waals surface area contributed by atoms with E-state index >= 15 is 0 Å². The molecule has 10 nitrogen and oxygen atoms in total. The number of aliphatic hydroxyl groups excluding tert-OH is 2. The number of aryl methyl sites for hydroxylation is 1. The topological polar surface area (TPSA) is 113 Å². The van der Waals surface area contributed by atoms with Gasteiger partial charge < -0.3 is 24.7 Å². The molecule has 1 saturated heterocycles. The fourth-order valence-electron chi connectivity index (χ4n) is 3.44. The van der Waals surface area contributed by atoms with Gasteiger partial charge in [-0.05, 0) is 19.1 Å². The molecule has 3 aromatic rings. The minimum Gasteiger partial charge on any atom is -0.395 e. The van der Waals surface area contributed by atoms with Crippen molar-refractivity contribution in [1.82, 2.24) is 24.5 Å². The van der Waals surface area contributed by atoms with Gasteiger partial charge in [0.15, 0.2) is 0 Å². The van der Waals surface area contributed by atoms with Crippen LogP contribution in [-0.4, -0.2) is 87.3 Å². The molecular formula is C19H25N7O3. The van der Waals surface area contributed by atoms with Crippen molar-refractivity contribution in [1.29, 1.82) is 0 Å². The lowest BCUT2D eigenvalue weighted by Crippen LogP contribution is -2.38. The molecule has 3 heterocycles. The summed E-state index contributed by atoms with van der Waals surface area (Å²) in [6, 6.07) is 7.83. The molecule has 2 aromatic heterocycles. The zero-order valence-corrected chi connectivity index (χ0v) is 16.4. The van der Waals surface area contributed by atoms with Gasteiger partial charge >= 0.3 is 0 Å². The first kappa shape index (κ1) is 19.5. The van der Waals surface area contributed by atoms with Crippen LogP contribution >= 0.6 is 0 Å². The molecule has 4 rings (SSSR count). The predicted octanol–water partition coefficient (Wildman–Crippen LogP) is 0.147. The van der Waals surface area contributed by atoms with Crippen molar-refractivity contribution in [3.05, 3.63) is 30.1 Å². The average molecular weight is 399 g/mol. The first-order valence-electron chi connectivity index (χ1n) is 9.71. The maximum absolute atomic E-state index is 9.44. The average Bonchev–Trinajstić information content (AvgIpc) is 3.09. The lowest BCUT2D eigenvalue weighted by Gasteiger charge is -2.28. The van der Waals surface area contributed by atoms with Crippen LogP contribution in [0.1, 0.15) is 5.82 Å². The molecule has 2 N–H and O–H groups in total. The molecule has 0 radical (unpaired) electrons. The van der Waals surface area contributed by atoms with E-state index < -0.39 is 0 Å². The molecule has 1 aromatic carbocycles. The summed E-state index contributed by atoms with van der Waals surface area (Å²) in [5.41, 5.74) is 1.77. The molecule has 154 valence electrons. The highest BCUT2D eigenvalue weighted by Crippen LogP contribution is 2.22. The Balaban J connectivity index is 1.85. The second-order valence-electron chi connectivity index (χ2n) is 6.75. The van der Waals surface area contributed by atoms with Crippen LogP contribution in [-0.2, 0) is 4.74 Å². The molecule has 0 bridgehead atoms. The van der Waals surface area contributed by atoms with Crippen LogP contribution in [0.15, 0.2) is 24.3 Å². The summed E-state index contributed by atoms with van der Waals surface area (Å²) in [5.74, 6) is 2.19. The van der Waals surface area contributed by atoms with Crippen LogP contribution in [0.2, 0.25) is 0 Å². The highest BCUT2D eigenvalue weighted by atomic mass is 16.5. The molecule has 0 unspecified atom stereocenters. The first-order valence-corrected chi connectivity index (χ1v) is 9.71. The number of aromatic nitrogens is 5. The van der Waals surface area contributed by atoms with E-state index in [1.165, 1.54) is 0 Å². The van der Waals surface area contributed by atoms with Crippen LogP contribution in [0.5, 0.6) is 0 Å². The second kappa shape index (κ2) is 8.68. The van der Waals surface area contributed by atoms with Gasteiger partial charge in [-0.15, -0.1) is 0 Å². The number of hydrogen-bond acceptors (Lipinski definition) is 9. The Kier molecular flexibility index (Phi) is 5.84. The van der Waals surface area contributed by atoms with Gasteiger partial charge in [-0.1, -0.05) is 12.1 Å². The van der Waals surface area contributed by atoms with E-state index in [1.54, 1.807) is 4.90 Å². The Morgan fingerprint density at radius 3 is 2.38 bits per heavy atom. The van der Waals surface area contributed by atoms with Crippen molar-refractivity contribution in [3.63, 3.8) is 0 Å². The van der Waals surface area contributed by atoms with Crippen molar-refractivity contribution in [2.24, 2.45) is 0 Å². The normalized spacial score (nSPS) is 14.5. The highest BCUT2D eigenvalue weighted by molar-refractivity contribution is 5.77. The Hall–Kier alpha value is -2.82. The van der Waals surface area contributed by atoms with Gasteiger partial charge in [0.2, 0.25) is 17.8 Å². The van der Waals surface area contributed by atoms with Crippen molar-refractivity contribution in [3.8, 4) is 5.95 Å². The highest BCUT2D eigenvalue weighted by Gasteiger charge is 2.21. The molecule has 1 aliphatic heterocycles. The van der Waals surface area contributed by atoms with Gasteiger partial charge in [0, 0.05) is 26.2 Å². The van der Waals surface area contributed by atoms with E-state index in [0.29, 0.717) is 57.2 Å². The van der Waals surface area contributed by atoms with E-state index in [4.69, 9.17) is 9.72 Å². The zero-order chi connectivity index (χ0) is 20.2. The molecule has 0 spiro atoms. The van der Waals surface area contributed by atoms with Crippen molar-refractivity contribution in [2.45, 2.75) is 6.92 Å². The molecule has 0 saturated carbocycles. The van der Waals surface area contributed by atoms with Crippen LogP contribution in [0, 0.1) is 6.92 Å². The van der Waals surface area contributed by atoms with E-state index in [-0.39, 0.29) is 13.2 Å². The monoisotopic (exact) mass is 399 g/mol. The van der Waals surface area contributed by atoms with Crippen LogP contribution in [0.4, 0.5) is 11.9 Å². The van der Waals surface area contributed by atoms with E-state index in [2.05, 4.69) is 19.9 Å². The largest absolute Gasteiger partial charge is 0.395 e. The van der Waals surface area contributed by atoms with Gasteiger partial charge in [0.1, 0.15) is 5.82 Å².